The number of benzene rings is 5. The minimum absolute atomic E-state index is 0.0629. The van der Waals surface area contributed by atoms with Gasteiger partial charge in [0, 0.05) is 52.5 Å². The van der Waals surface area contributed by atoms with Crippen LogP contribution in [0.5, 0.6) is 0 Å². The molecular weight excluding hydrogens is 728 g/mol. The van der Waals surface area contributed by atoms with Crippen molar-refractivity contribution < 1.29 is 0 Å². The van der Waals surface area contributed by atoms with Gasteiger partial charge in [-0.3, -0.25) is 0 Å². The van der Waals surface area contributed by atoms with Crippen molar-refractivity contribution in [3.8, 4) is 0 Å². The van der Waals surface area contributed by atoms with Gasteiger partial charge in [0.05, 0.1) is 11.4 Å². The summed E-state index contributed by atoms with van der Waals surface area (Å²) in [6, 6.07) is 37.9. The first kappa shape index (κ1) is 35.8. The summed E-state index contributed by atoms with van der Waals surface area (Å²) in [7, 11) is 0. The Balaban J connectivity index is 1.31. The average molecular weight is 781 g/mol. The highest BCUT2D eigenvalue weighted by Gasteiger charge is 2.50. The maximum absolute atomic E-state index is 2.65. The van der Waals surface area contributed by atoms with E-state index in [9.17, 15) is 0 Å². The predicted molar refractivity (Wildman–Crippen MR) is 251 cm³/mol. The molecule has 0 saturated heterocycles. The number of anilines is 6. The van der Waals surface area contributed by atoms with Crippen molar-refractivity contribution in [1.82, 2.24) is 0 Å². The van der Waals surface area contributed by atoms with Gasteiger partial charge in [-0.25, -0.2) is 0 Å². The quantitative estimate of drug-likeness (QED) is 0.161. The fourth-order valence-corrected chi connectivity index (χ4v) is 14.8. The Labute approximate surface area is 347 Å². The molecular formula is C52H53BN2S2. The highest BCUT2D eigenvalue weighted by atomic mass is 32.1. The first-order valence-electron chi connectivity index (χ1n) is 21.0. The van der Waals surface area contributed by atoms with Gasteiger partial charge in [-0.2, -0.15) is 0 Å². The molecule has 0 unspecified atom stereocenters. The van der Waals surface area contributed by atoms with Crippen LogP contribution in [0.2, 0.25) is 0 Å². The van der Waals surface area contributed by atoms with Gasteiger partial charge >= 0.3 is 0 Å². The topological polar surface area (TPSA) is 6.48 Å². The van der Waals surface area contributed by atoms with Gasteiger partial charge in [-0.15, -0.1) is 22.7 Å². The molecule has 0 bridgehead atoms. The molecule has 0 N–H and O–H groups in total. The van der Waals surface area contributed by atoms with Crippen LogP contribution >= 0.6 is 22.7 Å². The van der Waals surface area contributed by atoms with Crippen molar-refractivity contribution in [3.05, 3.63) is 125 Å². The Morgan fingerprint density at radius 3 is 1.25 bits per heavy atom. The molecule has 5 heteroatoms. The van der Waals surface area contributed by atoms with Gasteiger partial charge in [0.2, 0.25) is 0 Å². The van der Waals surface area contributed by atoms with Gasteiger partial charge in [0.15, 0.2) is 0 Å². The Morgan fingerprint density at radius 2 is 0.877 bits per heavy atom. The summed E-state index contributed by atoms with van der Waals surface area (Å²) in [5.74, 6) is 0. The number of thiophene rings is 2. The van der Waals surface area contributed by atoms with E-state index in [4.69, 9.17) is 0 Å². The third-order valence-electron chi connectivity index (χ3n) is 14.1. The van der Waals surface area contributed by atoms with E-state index in [0.717, 1.165) is 0 Å². The fourth-order valence-electron chi connectivity index (χ4n) is 12.0. The number of hydrogen-bond acceptors (Lipinski definition) is 4. The SMILES string of the molecule is CC(C)(C)c1cc2c3c(c1)N(c1ccccc1)c1c(sc4cc5c(cc14)C(C)(C)CC5(C)C)B3c1sc3cc4c(cc3c1N2c1ccccc1)C(C)(C)CC4(C)C. The van der Waals surface area contributed by atoms with Crippen LogP contribution in [-0.2, 0) is 27.1 Å². The van der Waals surface area contributed by atoms with Gasteiger partial charge in [-0.1, -0.05) is 113 Å². The second kappa shape index (κ2) is 11.2. The van der Waals surface area contributed by atoms with Gasteiger partial charge in [-0.05, 0) is 134 Å². The van der Waals surface area contributed by atoms with Crippen LogP contribution in [0.25, 0.3) is 20.2 Å². The van der Waals surface area contributed by atoms with Crippen LogP contribution < -0.4 is 24.8 Å². The lowest BCUT2D eigenvalue weighted by Gasteiger charge is -2.43. The number of rotatable bonds is 2. The van der Waals surface area contributed by atoms with Gasteiger partial charge in [0.25, 0.3) is 6.71 Å². The molecule has 4 heterocycles. The molecule has 2 aliphatic heterocycles. The second-order valence-electron chi connectivity index (χ2n) is 21.3. The Kier molecular flexibility index (Phi) is 7.06. The number of nitrogens with zero attached hydrogens (tertiary/aromatic N) is 2. The summed E-state index contributed by atoms with van der Waals surface area (Å²) < 4.78 is 5.76. The maximum Gasteiger partial charge on any atom is 0.277 e. The normalized spacial score (nSPS) is 19.1. The predicted octanol–water partition coefficient (Wildman–Crippen LogP) is 13.4. The van der Waals surface area contributed by atoms with Crippen molar-refractivity contribution >= 4 is 98.7 Å². The number of para-hydroxylation sites is 2. The van der Waals surface area contributed by atoms with Crippen molar-refractivity contribution in [1.29, 1.82) is 0 Å². The summed E-state index contributed by atoms with van der Waals surface area (Å²) in [4.78, 5) is 5.30. The van der Waals surface area contributed by atoms with Crippen LogP contribution in [0, 0.1) is 0 Å². The first-order valence-corrected chi connectivity index (χ1v) is 22.6. The smallest absolute Gasteiger partial charge is 0.277 e. The Bertz CT molecular complexity index is 2660. The molecule has 0 saturated carbocycles. The van der Waals surface area contributed by atoms with Crippen molar-refractivity contribution in [2.24, 2.45) is 0 Å². The number of hydrogen-bond donors (Lipinski definition) is 0. The lowest BCUT2D eigenvalue weighted by atomic mass is 9.39. The second-order valence-corrected chi connectivity index (χ2v) is 23.4. The first-order chi connectivity index (χ1) is 26.9. The third-order valence-corrected chi connectivity index (χ3v) is 16.5. The van der Waals surface area contributed by atoms with E-state index in [1.807, 2.05) is 0 Å². The molecule has 0 atom stereocenters. The third kappa shape index (κ3) is 4.88. The zero-order valence-corrected chi connectivity index (χ0v) is 37.1. The molecule has 0 radical (unpaired) electrons. The summed E-state index contributed by atoms with van der Waals surface area (Å²) in [5, 5.41) is 2.79. The number of fused-ring (bicyclic) bond motifs is 10. The van der Waals surface area contributed by atoms with E-state index in [-0.39, 0.29) is 33.8 Å². The van der Waals surface area contributed by atoms with Crippen LogP contribution in [0.15, 0.2) is 97.1 Å². The Hall–Kier alpha value is -4.32. The van der Waals surface area contributed by atoms with E-state index in [2.05, 4.69) is 206 Å². The molecule has 4 aliphatic rings. The van der Waals surface area contributed by atoms with E-state index >= 15 is 0 Å². The largest absolute Gasteiger partial charge is 0.310 e. The highest BCUT2D eigenvalue weighted by molar-refractivity contribution is 7.40. The monoisotopic (exact) mass is 780 g/mol. The van der Waals surface area contributed by atoms with E-state index in [1.54, 1.807) is 0 Å². The minimum Gasteiger partial charge on any atom is -0.310 e. The Morgan fingerprint density at radius 1 is 0.509 bits per heavy atom. The fraction of sp³-hybridized carbons (Fsp3) is 0.346. The van der Waals surface area contributed by atoms with Crippen molar-refractivity contribution in [2.75, 3.05) is 9.80 Å². The molecule has 2 nitrogen and oxygen atoms in total. The van der Waals surface area contributed by atoms with E-state index in [1.165, 1.54) is 110 Å². The van der Waals surface area contributed by atoms with Crippen LogP contribution in [-0.4, -0.2) is 6.71 Å². The van der Waals surface area contributed by atoms with E-state index < -0.39 is 0 Å². The molecule has 0 amide bonds. The molecule has 11 rings (SSSR count). The van der Waals surface area contributed by atoms with Crippen molar-refractivity contribution in [3.63, 3.8) is 0 Å². The minimum atomic E-state index is -0.0629. The summed E-state index contributed by atoms with van der Waals surface area (Å²) in [6.45, 7) is 26.9. The summed E-state index contributed by atoms with van der Waals surface area (Å²) in [5.41, 5.74) is 17.1. The standard InChI is InChI=1S/C52H53BN2S2/c1-48(2,3)30-22-39-43-40(23-30)55(32-20-16-13-17-21-32)45-34-25-36-38(52(10,11)29-50(36,6)7)27-42(34)57-47(45)53(43)46-44(54(39)31-18-14-12-15-19-31)33-24-35-37(26-41(33)56-46)51(8,9)28-49(35,4)5/h12-27H,28-29H2,1-11H3. The molecule has 2 aliphatic carbocycles. The zero-order chi connectivity index (χ0) is 39.8. The summed E-state index contributed by atoms with van der Waals surface area (Å²) >= 11 is 4.10. The van der Waals surface area contributed by atoms with Crippen LogP contribution in [0.3, 0.4) is 0 Å². The molecule has 5 aromatic carbocycles. The van der Waals surface area contributed by atoms with E-state index in [0.29, 0.717) is 0 Å². The van der Waals surface area contributed by atoms with Crippen LogP contribution in [0.1, 0.15) is 117 Å². The molecule has 57 heavy (non-hydrogen) atoms. The molecule has 2 aromatic heterocycles. The lowest BCUT2D eigenvalue weighted by molar-refractivity contribution is 0.403. The zero-order valence-electron chi connectivity index (χ0n) is 35.4. The molecule has 0 spiro atoms. The molecule has 286 valence electrons. The van der Waals surface area contributed by atoms with Gasteiger partial charge < -0.3 is 9.80 Å². The lowest BCUT2D eigenvalue weighted by Crippen LogP contribution is -2.59. The maximum atomic E-state index is 2.65. The average Bonchev–Trinajstić information content (AvgIpc) is 3.81. The van der Waals surface area contributed by atoms with Crippen LogP contribution in [0.4, 0.5) is 34.1 Å². The van der Waals surface area contributed by atoms with Gasteiger partial charge in [0.1, 0.15) is 0 Å². The molecule has 7 aromatic rings. The van der Waals surface area contributed by atoms with Crippen molar-refractivity contribution in [2.45, 2.75) is 116 Å². The molecule has 0 fully saturated rings. The summed E-state index contributed by atoms with van der Waals surface area (Å²) in [6.07, 6.45) is 2.33. The highest BCUT2D eigenvalue weighted by Crippen LogP contribution is 2.57.